The van der Waals surface area contributed by atoms with Gasteiger partial charge in [-0.1, -0.05) is 0 Å². The van der Waals surface area contributed by atoms with E-state index in [0.29, 0.717) is 46.9 Å². The van der Waals surface area contributed by atoms with E-state index >= 15 is 0 Å². The fraction of sp³-hybridized carbons (Fsp3) is 0.480. The van der Waals surface area contributed by atoms with Crippen LogP contribution in [0.25, 0.3) is 0 Å². The summed E-state index contributed by atoms with van der Waals surface area (Å²) < 4.78 is 25.2. The van der Waals surface area contributed by atoms with Crippen molar-refractivity contribution >= 4 is 45.0 Å². The number of hydrogen-bond acceptors (Lipinski definition) is 7. The molecule has 1 unspecified atom stereocenters. The number of piperidine rings is 1. The summed E-state index contributed by atoms with van der Waals surface area (Å²) in [5.74, 6) is -0.532. The summed E-state index contributed by atoms with van der Waals surface area (Å²) in [4.78, 5) is 31.4. The number of methoxy groups -OCH3 is 1. The molecule has 2 N–H and O–H groups in total. The summed E-state index contributed by atoms with van der Waals surface area (Å²) in [6, 6.07) is 6.50. The van der Waals surface area contributed by atoms with Crippen molar-refractivity contribution in [1.82, 2.24) is 4.98 Å². The predicted molar refractivity (Wildman–Crippen MR) is 133 cm³/mol. The first kappa shape index (κ1) is 24.0. The number of rotatable bonds is 7. The highest BCUT2D eigenvalue weighted by Crippen LogP contribution is 2.60. The molecule has 2 saturated heterocycles. The Morgan fingerprint density at radius 1 is 1.29 bits per heavy atom. The zero-order valence-corrected chi connectivity index (χ0v) is 21.1. The van der Waals surface area contributed by atoms with Crippen molar-refractivity contribution < 1.29 is 23.5 Å². The van der Waals surface area contributed by atoms with Crippen LogP contribution in [0.5, 0.6) is 0 Å². The van der Waals surface area contributed by atoms with Crippen LogP contribution in [0.15, 0.2) is 34.9 Å². The van der Waals surface area contributed by atoms with Gasteiger partial charge in [0.25, 0.3) is 0 Å². The van der Waals surface area contributed by atoms with Crippen LogP contribution >= 0.6 is 15.9 Å². The SMILES string of the molecule is COC(=O)c1ccc(NC(=O)C2CC23CCN(c2ncc(Br)cc2F)CC3)c(NC[C@@H]2CCO2)c1. The molecule has 186 valence electrons. The zero-order chi connectivity index (χ0) is 24.6. The van der Waals surface area contributed by atoms with Crippen molar-refractivity contribution in [2.75, 3.05) is 48.9 Å². The molecule has 1 spiro atoms. The number of benzene rings is 1. The first-order chi connectivity index (χ1) is 16.9. The maximum Gasteiger partial charge on any atom is 0.337 e. The van der Waals surface area contributed by atoms with Crippen LogP contribution in [0.3, 0.4) is 0 Å². The third-order valence-corrected chi connectivity index (χ3v) is 7.80. The molecule has 35 heavy (non-hydrogen) atoms. The lowest BCUT2D eigenvalue weighted by molar-refractivity contribution is -0.118. The molecule has 1 aromatic carbocycles. The van der Waals surface area contributed by atoms with Crippen molar-refractivity contribution in [3.05, 3.63) is 46.3 Å². The normalized spacial score (nSPS) is 22.3. The Labute approximate surface area is 211 Å². The van der Waals surface area contributed by atoms with Gasteiger partial charge in [-0.2, -0.15) is 0 Å². The highest BCUT2D eigenvalue weighted by molar-refractivity contribution is 9.10. The van der Waals surface area contributed by atoms with Gasteiger partial charge in [0.05, 0.1) is 30.2 Å². The lowest BCUT2D eigenvalue weighted by atomic mass is 9.90. The lowest BCUT2D eigenvalue weighted by Crippen LogP contribution is -2.37. The largest absolute Gasteiger partial charge is 0.465 e. The van der Waals surface area contributed by atoms with E-state index in [1.807, 2.05) is 4.90 Å². The van der Waals surface area contributed by atoms with Gasteiger partial charge in [-0.15, -0.1) is 0 Å². The number of halogens is 2. The van der Waals surface area contributed by atoms with Crippen molar-refractivity contribution in [1.29, 1.82) is 0 Å². The van der Waals surface area contributed by atoms with Crippen LogP contribution < -0.4 is 15.5 Å². The van der Waals surface area contributed by atoms with Crippen molar-refractivity contribution in [3.63, 3.8) is 0 Å². The number of esters is 1. The quantitative estimate of drug-likeness (QED) is 0.502. The number of hydrogen-bond donors (Lipinski definition) is 2. The molecule has 1 aliphatic carbocycles. The van der Waals surface area contributed by atoms with E-state index in [2.05, 4.69) is 31.5 Å². The summed E-state index contributed by atoms with van der Waals surface area (Å²) >= 11 is 3.24. The Kier molecular flexibility index (Phi) is 6.67. The molecular weight excluding hydrogens is 519 g/mol. The maximum atomic E-state index is 14.3. The van der Waals surface area contributed by atoms with E-state index < -0.39 is 5.97 Å². The van der Waals surface area contributed by atoms with E-state index in [1.165, 1.54) is 13.2 Å². The van der Waals surface area contributed by atoms with Crippen LogP contribution in [0.2, 0.25) is 0 Å². The smallest absolute Gasteiger partial charge is 0.337 e. The number of carbonyl (C=O) groups excluding carboxylic acids is 2. The summed E-state index contributed by atoms with van der Waals surface area (Å²) in [6.07, 6.45) is 5.16. The van der Waals surface area contributed by atoms with Gasteiger partial charge in [-0.25, -0.2) is 14.2 Å². The lowest BCUT2D eigenvalue weighted by Gasteiger charge is -2.33. The van der Waals surface area contributed by atoms with E-state index in [0.717, 1.165) is 32.3 Å². The van der Waals surface area contributed by atoms with Crippen molar-refractivity contribution in [2.45, 2.75) is 31.8 Å². The van der Waals surface area contributed by atoms with Gasteiger partial charge in [0.15, 0.2) is 11.6 Å². The number of pyridine rings is 1. The molecule has 3 fully saturated rings. The van der Waals surface area contributed by atoms with Crippen LogP contribution in [-0.4, -0.2) is 56.3 Å². The second kappa shape index (κ2) is 9.73. The summed E-state index contributed by atoms with van der Waals surface area (Å²) in [5, 5.41) is 6.36. The third kappa shape index (κ3) is 4.99. The minimum atomic E-state index is -0.435. The van der Waals surface area contributed by atoms with E-state index in [4.69, 9.17) is 9.47 Å². The Bertz CT molecular complexity index is 1130. The van der Waals surface area contributed by atoms with Gasteiger partial charge in [0, 0.05) is 42.8 Å². The van der Waals surface area contributed by atoms with Gasteiger partial charge in [-0.3, -0.25) is 4.79 Å². The molecule has 5 rings (SSSR count). The molecule has 3 aliphatic rings. The molecule has 10 heteroatoms. The number of anilines is 3. The monoisotopic (exact) mass is 546 g/mol. The second-order valence-electron chi connectivity index (χ2n) is 9.47. The fourth-order valence-corrected chi connectivity index (χ4v) is 5.31. The molecule has 2 aliphatic heterocycles. The highest BCUT2D eigenvalue weighted by atomic mass is 79.9. The molecule has 1 saturated carbocycles. The number of carbonyl (C=O) groups is 2. The Morgan fingerprint density at radius 2 is 2.06 bits per heavy atom. The average Bonchev–Trinajstić information content (AvgIpc) is 3.52. The molecule has 0 bridgehead atoms. The number of nitrogens with zero attached hydrogens (tertiary/aromatic N) is 2. The van der Waals surface area contributed by atoms with Gasteiger partial charge in [0.1, 0.15) is 0 Å². The van der Waals surface area contributed by atoms with Crippen LogP contribution in [0.1, 0.15) is 36.0 Å². The number of nitrogens with one attached hydrogen (secondary N) is 2. The van der Waals surface area contributed by atoms with Crippen LogP contribution in [0, 0.1) is 17.2 Å². The Morgan fingerprint density at radius 3 is 2.71 bits per heavy atom. The zero-order valence-electron chi connectivity index (χ0n) is 19.5. The van der Waals surface area contributed by atoms with E-state index in [-0.39, 0.29) is 29.2 Å². The third-order valence-electron chi connectivity index (χ3n) is 7.37. The Hall–Kier alpha value is -2.72. The molecule has 2 atom stereocenters. The number of aromatic nitrogens is 1. The van der Waals surface area contributed by atoms with Gasteiger partial charge < -0.3 is 25.0 Å². The van der Waals surface area contributed by atoms with Crippen molar-refractivity contribution in [3.8, 4) is 0 Å². The minimum Gasteiger partial charge on any atom is -0.465 e. The van der Waals surface area contributed by atoms with E-state index in [1.54, 1.807) is 24.4 Å². The summed E-state index contributed by atoms with van der Waals surface area (Å²) in [6.45, 7) is 2.68. The molecule has 1 amide bonds. The topological polar surface area (TPSA) is 92.8 Å². The molecular formula is C25H28BrFN4O4. The van der Waals surface area contributed by atoms with Gasteiger partial charge in [0.2, 0.25) is 5.91 Å². The van der Waals surface area contributed by atoms with E-state index in [9.17, 15) is 14.0 Å². The minimum absolute atomic E-state index is 0.0276. The average molecular weight is 547 g/mol. The van der Waals surface area contributed by atoms with Crippen LogP contribution in [0.4, 0.5) is 21.6 Å². The highest BCUT2D eigenvalue weighted by Gasteiger charge is 2.58. The standard InChI is InChI=1S/C25H28BrFN4O4/c1-34-24(33)15-2-3-20(21(10-15)28-14-17-4-9-35-17)30-23(32)18-12-25(18)5-7-31(8-6-25)22-19(27)11-16(26)13-29-22/h2-3,10-11,13,17-18,28H,4-9,12,14H2,1H3,(H,30,32)/t17-,18?/m0/s1. The molecule has 8 nitrogen and oxygen atoms in total. The molecule has 0 radical (unpaired) electrons. The van der Waals surface area contributed by atoms with Crippen molar-refractivity contribution in [2.24, 2.45) is 11.3 Å². The Balaban J connectivity index is 1.22. The summed E-state index contributed by atoms with van der Waals surface area (Å²) in [5.41, 5.74) is 1.65. The fourth-order valence-electron chi connectivity index (χ4n) is 5.01. The molecule has 2 aromatic rings. The van der Waals surface area contributed by atoms with Crippen LogP contribution in [-0.2, 0) is 14.3 Å². The van der Waals surface area contributed by atoms with Gasteiger partial charge >= 0.3 is 5.97 Å². The summed E-state index contributed by atoms with van der Waals surface area (Å²) in [7, 11) is 1.34. The molecule has 3 heterocycles. The second-order valence-corrected chi connectivity index (χ2v) is 10.4. The first-order valence-corrected chi connectivity index (χ1v) is 12.6. The molecule has 1 aromatic heterocycles. The van der Waals surface area contributed by atoms with Gasteiger partial charge in [-0.05, 0) is 71.3 Å². The number of amides is 1. The maximum absolute atomic E-state index is 14.3. The predicted octanol–water partition coefficient (Wildman–Crippen LogP) is 4.22. The number of ether oxygens (including phenoxy) is 2. The first-order valence-electron chi connectivity index (χ1n) is 11.8.